The van der Waals surface area contributed by atoms with Gasteiger partial charge in [0, 0.05) is 17.8 Å². The van der Waals surface area contributed by atoms with Gasteiger partial charge in [-0.15, -0.1) is 0 Å². The number of rotatable bonds is 3. The van der Waals surface area contributed by atoms with Crippen molar-refractivity contribution in [2.75, 3.05) is 0 Å². The van der Waals surface area contributed by atoms with E-state index in [0.717, 1.165) is 24.2 Å². The summed E-state index contributed by atoms with van der Waals surface area (Å²) in [5.41, 5.74) is 8.13. The molecule has 2 aromatic rings. The van der Waals surface area contributed by atoms with E-state index in [0.29, 0.717) is 0 Å². The highest BCUT2D eigenvalue weighted by molar-refractivity contribution is 5.81. The van der Waals surface area contributed by atoms with Gasteiger partial charge in [-0.2, -0.15) is 0 Å². The van der Waals surface area contributed by atoms with Crippen molar-refractivity contribution in [1.29, 1.82) is 0 Å². The number of para-hydroxylation sites is 1. The number of hydrogen-bond donors (Lipinski definition) is 1. The molecular formula is C13H17NO. The van der Waals surface area contributed by atoms with Gasteiger partial charge < -0.3 is 10.2 Å². The average Bonchev–Trinajstić information content (AvgIpc) is 2.57. The Kier molecular flexibility index (Phi) is 2.78. The van der Waals surface area contributed by atoms with Crippen molar-refractivity contribution >= 4 is 11.0 Å². The van der Waals surface area contributed by atoms with Gasteiger partial charge in [0.05, 0.1) is 0 Å². The van der Waals surface area contributed by atoms with Crippen molar-refractivity contribution in [1.82, 2.24) is 0 Å². The third-order valence-electron chi connectivity index (χ3n) is 2.91. The first-order valence-corrected chi connectivity index (χ1v) is 5.45. The van der Waals surface area contributed by atoms with E-state index < -0.39 is 0 Å². The van der Waals surface area contributed by atoms with Crippen molar-refractivity contribution in [3.63, 3.8) is 0 Å². The summed E-state index contributed by atoms with van der Waals surface area (Å²) in [4.78, 5) is 0. The summed E-state index contributed by atoms with van der Waals surface area (Å²) < 4.78 is 5.79. The Morgan fingerprint density at radius 3 is 2.73 bits per heavy atom. The number of benzene rings is 1. The second-order valence-corrected chi connectivity index (χ2v) is 4.02. The lowest BCUT2D eigenvalue weighted by molar-refractivity contribution is 0.505. The molecule has 0 saturated carbocycles. The maximum Gasteiger partial charge on any atom is 0.134 e. The largest absolute Gasteiger partial charge is 0.461 e. The molecule has 0 aliphatic heterocycles. The normalized spacial score (nSPS) is 13.3. The van der Waals surface area contributed by atoms with Crippen molar-refractivity contribution < 1.29 is 4.42 Å². The first kappa shape index (κ1) is 10.2. The minimum absolute atomic E-state index is 0.198. The fourth-order valence-electron chi connectivity index (χ4n) is 1.80. The van der Waals surface area contributed by atoms with Gasteiger partial charge >= 0.3 is 0 Å². The Morgan fingerprint density at radius 1 is 1.33 bits per heavy atom. The maximum atomic E-state index is 5.94. The zero-order chi connectivity index (χ0) is 10.8. The Morgan fingerprint density at radius 2 is 2.07 bits per heavy atom. The number of furan rings is 1. The quantitative estimate of drug-likeness (QED) is 0.832. The molecule has 80 valence electrons. The summed E-state index contributed by atoms with van der Waals surface area (Å²) in [6.45, 7) is 4.20. The van der Waals surface area contributed by atoms with E-state index in [1.54, 1.807) is 0 Å². The van der Waals surface area contributed by atoms with Crippen molar-refractivity contribution in [3.8, 4) is 0 Å². The van der Waals surface area contributed by atoms with Crippen LogP contribution in [0.1, 0.15) is 24.7 Å². The molecule has 1 unspecified atom stereocenters. The highest BCUT2D eigenvalue weighted by Gasteiger charge is 2.11. The number of aryl methyl sites for hydroxylation is 1. The smallest absolute Gasteiger partial charge is 0.134 e. The van der Waals surface area contributed by atoms with Crippen LogP contribution in [0.15, 0.2) is 28.7 Å². The molecule has 0 amide bonds. The molecule has 2 heteroatoms. The molecule has 15 heavy (non-hydrogen) atoms. The summed E-state index contributed by atoms with van der Waals surface area (Å²) in [6.07, 6.45) is 1.81. The van der Waals surface area contributed by atoms with Gasteiger partial charge in [0.15, 0.2) is 0 Å². The standard InChI is InChI=1S/C13H17NO/c1-3-10(14)8-13-9(2)11-6-4-5-7-12(11)15-13/h4-7,10H,3,8,14H2,1-2H3. The average molecular weight is 203 g/mol. The molecule has 0 aliphatic carbocycles. The van der Waals surface area contributed by atoms with E-state index >= 15 is 0 Å². The lowest BCUT2D eigenvalue weighted by Gasteiger charge is -2.05. The van der Waals surface area contributed by atoms with Gasteiger partial charge in [-0.25, -0.2) is 0 Å². The van der Waals surface area contributed by atoms with Crippen LogP contribution in [-0.2, 0) is 6.42 Å². The van der Waals surface area contributed by atoms with Crippen molar-refractivity contribution in [2.45, 2.75) is 32.7 Å². The predicted octanol–water partition coefficient (Wildman–Crippen LogP) is 3.02. The van der Waals surface area contributed by atoms with Gasteiger partial charge in [-0.05, 0) is 25.0 Å². The van der Waals surface area contributed by atoms with Crippen LogP contribution in [0, 0.1) is 6.92 Å². The van der Waals surface area contributed by atoms with E-state index in [1.807, 2.05) is 18.2 Å². The van der Waals surface area contributed by atoms with Crippen LogP contribution in [0.25, 0.3) is 11.0 Å². The topological polar surface area (TPSA) is 39.2 Å². The Hall–Kier alpha value is -1.28. The number of fused-ring (bicyclic) bond motifs is 1. The van der Waals surface area contributed by atoms with Crippen molar-refractivity contribution in [2.24, 2.45) is 5.73 Å². The second-order valence-electron chi connectivity index (χ2n) is 4.02. The van der Waals surface area contributed by atoms with Crippen LogP contribution in [0.3, 0.4) is 0 Å². The first-order valence-electron chi connectivity index (χ1n) is 5.45. The van der Waals surface area contributed by atoms with E-state index in [1.165, 1.54) is 10.9 Å². The molecule has 0 radical (unpaired) electrons. The first-order chi connectivity index (χ1) is 7.22. The molecule has 0 aliphatic rings. The van der Waals surface area contributed by atoms with E-state index in [-0.39, 0.29) is 6.04 Å². The predicted molar refractivity (Wildman–Crippen MR) is 62.9 cm³/mol. The summed E-state index contributed by atoms with van der Waals surface area (Å²) in [6, 6.07) is 8.33. The van der Waals surface area contributed by atoms with Crippen molar-refractivity contribution in [3.05, 3.63) is 35.6 Å². The molecule has 0 saturated heterocycles. The van der Waals surface area contributed by atoms with E-state index in [9.17, 15) is 0 Å². The Bertz CT molecular complexity index is 459. The monoisotopic (exact) mass is 203 g/mol. The summed E-state index contributed by atoms with van der Waals surface area (Å²) >= 11 is 0. The third-order valence-corrected chi connectivity index (χ3v) is 2.91. The highest BCUT2D eigenvalue weighted by atomic mass is 16.3. The fraction of sp³-hybridized carbons (Fsp3) is 0.385. The molecule has 2 N–H and O–H groups in total. The van der Waals surface area contributed by atoms with E-state index in [4.69, 9.17) is 10.2 Å². The number of nitrogens with two attached hydrogens (primary N) is 1. The molecule has 1 atom stereocenters. The summed E-state index contributed by atoms with van der Waals surface area (Å²) in [5, 5.41) is 1.20. The lowest BCUT2D eigenvalue weighted by Crippen LogP contribution is -2.21. The van der Waals surface area contributed by atoms with Crippen LogP contribution >= 0.6 is 0 Å². The molecule has 2 rings (SSSR count). The van der Waals surface area contributed by atoms with Crippen LogP contribution in [0.2, 0.25) is 0 Å². The molecule has 2 nitrogen and oxygen atoms in total. The van der Waals surface area contributed by atoms with Crippen LogP contribution < -0.4 is 5.73 Å². The summed E-state index contributed by atoms with van der Waals surface area (Å²) in [5.74, 6) is 1.03. The SMILES string of the molecule is CCC(N)Cc1oc2ccccc2c1C. The lowest BCUT2D eigenvalue weighted by atomic mass is 10.1. The molecule has 1 aromatic carbocycles. The van der Waals surface area contributed by atoms with Crippen LogP contribution in [-0.4, -0.2) is 6.04 Å². The zero-order valence-corrected chi connectivity index (χ0v) is 9.29. The van der Waals surface area contributed by atoms with Gasteiger partial charge in [-0.3, -0.25) is 0 Å². The second kappa shape index (κ2) is 4.07. The fourth-order valence-corrected chi connectivity index (χ4v) is 1.80. The van der Waals surface area contributed by atoms with Crippen LogP contribution in [0.5, 0.6) is 0 Å². The summed E-state index contributed by atoms with van der Waals surface area (Å²) in [7, 11) is 0. The molecular weight excluding hydrogens is 186 g/mol. The molecule has 0 spiro atoms. The molecule has 1 aromatic heterocycles. The van der Waals surface area contributed by atoms with E-state index in [2.05, 4.69) is 19.9 Å². The Balaban J connectivity index is 2.40. The zero-order valence-electron chi connectivity index (χ0n) is 9.29. The number of hydrogen-bond acceptors (Lipinski definition) is 2. The van der Waals surface area contributed by atoms with Gasteiger partial charge in [0.1, 0.15) is 11.3 Å². The van der Waals surface area contributed by atoms with Crippen LogP contribution in [0.4, 0.5) is 0 Å². The minimum Gasteiger partial charge on any atom is -0.461 e. The van der Waals surface area contributed by atoms with Gasteiger partial charge in [-0.1, -0.05) is 25.1 Å². The maximum absolute atomic E-state index is 5.94. The molecule has 0 bridgehead atoms. The minimum atomic E-state index is 0.198. The van der Waals surface area contributed by atoms with Gasteiger partial charge in [0.2, 0.25) is 0 Å². The molecule has 0 fully saturated rings. The highest BCUT2D eigenvalue weighted by Crippen LogP contribution is 2.25. The molecule has 1 heterocycles. The van der Waals surface area contributed by atoms with Gasteiger partial charge in [0.25, 0.3) is 0 Å². The Labute approximate surface area is 90.1 Å². The third kappa shape index (κ3) is 1.90.